The highest BCUT2D eigenvalue weighted by Gasteiger charge is 2.38. The van der Waals surface area contributed by atoms with E-state index in [1.165, 1.54) is 48.1 Å². The second-order valence-electron chi connectivity index (χ2n) is 7.11. The van der Waals surface area contributed by atoms with Crippen LogP contribution in [0, 0.1) is 5.82 Å². The molecular weight excluding hydrogens is 389 g/mol. The predicted molar refractivity (Wildman–Crippen MR) is 113 cm³/mol. The standard InChI is InChI=1S/C23H26FNO3S/c1-2-3-4-5-6-7-14-25-22(26)20(17-10-12-18(24)13-11-17)21(23(25)27)29-16-19-9-8-15-28-19/h8-13,15H,2-7,14,16H2,1H3. The van der Waals surface area contributed by atoms with Crippen LogP contribution >= 0.6 is 11.8 Å². The lowest BCUT2D eigenvalue weighted by molar-refractivity contribution is -0.136. The maximum absolute atomic E-state index is 13.4. The number of carbonyl (C=O) groups excluding carboxylic acids is 2. The maximum Gasteiger partial charge on any atom is 0.267 e. The largest absolute Gasteiger partial charge is 0.468 e. The third kappa shape index (κ3) is 5.38. The number of carbonyl (C=O) groups is 2. The number of halogens is 1. The zero-order valence-corrected chi connectivity index (χ0v) is 17.5. The van der Waals surface area contributed by atoms with E-state index in [-0.39, 0.29) is 17.6 Å². The Hall–Kier alpha value is -2.34. The summed E-state index contributed by atoms with van der Waals surface area (Å²) in [6, 6.07) is 9.35. The van der Waals surface area contributed by atoms with E-state index >= 15 is 0 Å². The van der Waals surface area contributed by atoms with Crippen LogP contribution in [-0.4, -0.2) is 23.3 Å². The van der Waals surface area contributed by atoms with Crippen LogP contribution in [-0.2, 0) is 15.3 Å². The first kappa shape index (κ1) is 21.4. The average molecular weight is 416 g/mol. The van der Waals surface area contributed by atoms with Gasteiger partial charge in [-0.15, -0.1) is 11.8 Å². The molecular formula is C23H26FNO3S. The Bertz CT molecular complexity index is 859. The van der Waals surface area contributed by atoms with Crippen molar-refractivity contribution in [1.82, 2.24) is 4.90 Å². The smallest absolute Gasteiger partial charge is 0.267 e. The highest BCUT2D eigenvalue weighted by Crippen LogP contribution is 2.37. The third-order valence-electron chi connectivity index (χ3n) is 4.93. The molecule has 0 fully saturated rings. The van der Waals surface area contributed by atoms with E-state index in [2.05, 4.69) is 6.92 Å². The molecule has 0 bridgehead atoms. The molecule has 154 valence electrons. The molecule has 2 heterocycles. The van der Waals surface area contributed by atoms with Crippen molar-refractivity contribution < 1.29 is 18.4 Å². The Morgan fingerprint density at radius 2 is 1.69 bits per heavy atom. The van der Waals surface area contributed by atoms with Crippen molar-refractivity contribution in [3.05, 3.63) is 64.7 Å². The number of benzene rings is 1. The number of nitrogens with zero attached hydrogens (tertiary/aromatic N) is 1. The summed E-state index contributed by atoms with van der Waals surface area (Å²) in [7, 11) is 0. The van der Waals surface area contributed by atoms with E-state index in [0.717, 1.165) is 25.0 Å². The Balaban J connectivity index is 1.74. The normalized spacial score (nSPS) is 14.3. The number of hydrogen-bond acceptors (Lipinski definition) is 4. The predicted octanol–water partition coefficient (Wildman–Crippen LogP) is 5.79. The summed E-state index contributed by atoms with van der Waals surface area (Å²) in [5.41, 5.74) is 0.926. The summed E-state index contributed by atoms with van der Waals surface area (Å²) < 4.78 is 18.7. The first-order valence-corrected chi connectivity index (χ1v) is 11.1. The van der Waals surface area contributed by atoms with Gasteiger partial charge in [0.1, 0.15) is 11.6 Å². The Labute approximate surface area is 175 Å². The van der Waals surface area contributed by atoms with Crippen LogP contribution in [0.3, 0.4) is 0 Å². The highest BCUT2D eigenvalue weighted by atomic mass is 32.2. The first-order valence-electron chi connectivity index (χ1n) is 10.1. The first-order chi connectivity index (χ1) is 14.1. The summed E-state index contributed by atoms with van der Waals surface area (Å²) in [5.74, 6) is 0.253. The fraction of sp³-hybridized carbons (Fsp3) is 0.391. The molecule has 0 saturated heterocycles. The molecule has 1 aliphatic heterocycles. The minimum atomic E-state index is -0.375. The van der Waals surface area contributed by atoms with E-state index < -0.39 is 0 Å². The summed E-state index contributed by atoms with van der Waals surface area (Å²) in [6.45, 7) is 2.59. The third-order valence-corrected chi connectivity index (χ3v) is 6.03. The van der Waals surface area contributed by atoms with Gasteiger partial charge in [0, 0.05) is 6.54 Å². The van der Waals surface area contributed by atoms with Crippen LogP contribution in [0.4, 0.5) is 4.39 Å². The molecule has 1 aromatic heterocycles. The molecule has 29 heavy (non-hydrogen) atoms. The zero-order valence-electron chi connectivity index (χ0n) is 16.7. The lowest BCUT2D eigenvalue weighted by atomic mass is 10.1. The highest BCUT2D eigenvalue weighted by molar-refractivity contribution is 8.03. The minimum absolute atomic E-state index is 0.264. The van der Waals surface area contributed by atoms with E-state index in [9.17, 15) is 14.0 Å². The second-order valence-corrected chi connectivity index (χ2v) is 8.09. The number of thioether (sulfide) groups is 1. The van der Waals surface area contributed by atoms with Crippen molar-refractivity contribution in [1.29, 1.82) is 0 Å². The molecule has 3 rings (SSSR count). The topological polar surface area (TPSA) is 50.5 Å². The van der Waals surface area contributed by atoms with Gasteiger partial charge in [-0.3, -0.25) is 14.5 Å². The molecule has 0 unspecified atom stereocenters. The Morgan fingerprint density at radius 1 is 0.966 bits per heavy atom. The van der Waals surface area contributed by atoms with Gasteiger partial charge < -0.3 is 4.42 Å². The van der Waals surface area contributed by atoms with Crippen molar-refractivity contribution in [2.24, 2.45) is 0 Å². The van der Waals surface area contributed by atoms with Gasteiger partial charge >= 0.3 is 0 Å². The summed E-state index contributed by atoms with van der Waals surface area (Å²) in [6.07, 6.45) is 8.07. The number of unbranched alkanes of at least 4 members (excludes halogenated alkanes) is 5. The van der Waals surface area contributed by atoms with Gasteiger partial charge in [0.15, 0.2) is 0 Å². The summed E-state index contributed by atoms with van der Waals surface area (Å²) in [5, 5.41) is 0. The number of amides is 2. The van der Waals surface area contributed by atoms with E-state index in [1.54, 1.807) is 24.5 Å². The zero-order chi connectivity index (χ0) is 20.6. The van der Waals surface area contributed by atoms with Gasteiger partial charge in [0.2, 0.25) is 0 Å². The number of hydrogen-bond donors (Lipinski definition) is 0. The van der Waals surface area contributed by atoms with Crippen molar-refractivity contribution in [3.63, 3.8) is 0 Å². The molecule has 2 aromatic rings. The van der Waals surface area contributed by atoms with E-state index in [1.807, 2.05) is 6.07 Å². The maximum atomic E-state index is 13.4. The monoisotopic (exact) mass is 415 g/mol. The van der Waals surface area contributed by atoms with Gasteiger partial charge in [-0.2, -0.15) is 0 Å². The molecule has 0 N–H and O–H groups in total. The molecule has 4 nitrogen and oxygen atoms in total. The summed E-state index contributed by atoms with van der Waals surface area (Å²) in [4.78, 5) is 27.8. The van der Waals surface area contributed by atoms with Gasteiger partial charge in [-0.05, 0) is 36.2 Å². The molecule has 6 heteroatoms. The fourth-order valence-corrected chi connectivity index (χ4v) is 4.38. The van der Waals surface area contributed by atoms with Crippen molar-refractivity contribution >= 4 is 29.1 Å². The molecule has 2 amide bonds. The number of imide groups is 1. The molecule has 0 atom stereocenters. The van der Waals surface area contributed by atoms with Crippen LogP contribution in [0.2, 0.25) is 0 Å². The minimum Gasteiger partial charge on any atom is -0.468 e. The number of furan rings is 1. The molecule has 0 saturated carbocycles. The quantitative estimate of drug-likeness (QED) is 0.344. The molecule has 0 radical (unpaired) electrons. The van der Waals surface area contributed by atoms with E-state index in [4.69, 9.17) is 4.42 Å². The molecule has 0 spiro atoms. The molecule has 1 aromatic carbocycles. The van der Waals surface area contributed by atoms with Crippen LogP contribution in [0.5, 0.6) is 0 Å². The van der Waals surface area contributed by atoms with Gasteiger partial charge in [0.25, 0.3) is 11.8 Å². The average Bonchev–Trinajstić information content (AvgIpc) is 3.31. The lowest BCUT2D eigenvalue weighted by Crippen LogP contribution is -2.32. The van der Waals surface area contributed by atoms with Crippen molar-refractivity contribution in [3.8, 4) is 0 Å². The van der Waals surface area contributed by atoms with Crippen LogP contribution in [0.25, 0.3) is 5.57 Å². The van der Waals surface area contributed by atoms with Gasteiger partial charge in [-0.1, -0.05) is 51.2 Å². The lowest BCUT2D eigenvalue weighted by Gasteiger charge is -2.15. The van der Waals surface area contributed by atoms with E-state index in [0.29, 0.717) is 28.3 Å². The Morgan fingerprint density at radius 3 is 2.38 bits per heavy atom. The van der Waals surface area contributed by atoms with Crippen LogP contribution in [0.15, 0.2) is 52.0 Å². The summed E-state index contributed by atoms with van der Waals surface area (Å²) >= 11 is 1.29. The SMILES string of the molecule is CCCCCCCCN1C(=O)C(SCc2ccco2)=C(c2ccc(F)cc2)C1=O. The fourth-order valence-electron chi connectivity index (χ4n) is 3.35. The van der Waals surface area contributed by atoms with Gasteiger partial charge in [0.05, 0.1) is 22.5 Å². The van der Waals surface area contributed by atoms with Gasteiger partial charge in [-0.25, -0.2) is 4.39 Å². The van der Waals surface area contributed by atoms with Crippen molar-refractivity contribution in [2.45, 2.75) is 51.2 Å². The van der Waals surface area contributed by atoms with Crippen LogP contribution < -0.4 is 0 Å². The number of rotatable bonds is 11. The van der Waals surface area contributed by atoms with Crippen molar-refractivity contribution in [2.75, 3.05) is 6.54 Å². The van der Waals surface area contributed by atoms with Crippen LogP contribution in [0.1, 0.15) is 56.8 Å². The molecule has 0 aliphatic carbocycles. The Kier molecular flexibility index (Phi) is 7.69. The second kappa shape index (κ2) is 10.4. The molecule has 1 aliphatic rings.